The van der Waals surface area contributed by atoms with E-state index in [1.807, 2.05) is 0 Å². The Morgan fingerprint density at radius 2 is 1.81 bits per heavy atom. The lowest BCUT2D eigenvalue weighted by Gasteiger charge is -2.21. The summed E-state index contributed by atoms with van der Waals surface area (Å²) < 4.78 is 0. The molecule has 0 aliphatic heterocycles. The van der Waals surface area contributed by atoms with E-state index in [1.165, 1.54) is 37.5 Å². The van der Waals surface area contributed by atoms with Gasteiger partial charge in [-0.15, -0.1) is 0 Å². The fourth-order valence-electron chi connectivity index (χ4n) is 2.77. The van der Waals surface area contributed by atoms with Crippen molar-refractivity contribution in [3.05, 3.63) is 33.9 Å². The lowest BCUT2D eigenvalue weighted by molar-refractivity contribution is -0.383. The maximum Gasteiger partial charge on any atom is 0.292 e. The van der Waals surface area contributed by atoms with Gasteiger partial charge in [-0.2, -0.15) is 0 Å². The zero-order valence-corrected chi connectivity index (χ0v) is 12.0. The lowest BCUT2D eigenvalue weighted by Crippen LogP contribution is -2.35. The first-order chi connectivity index (χ1) is 10.1. The van der Waals surface area contributed by atoms with E-state index in [1.54, 1.807) is 0 Å². The molecular weight excluding hydrogens is 270 g/mol. The Bertz CT molecular complexity index is 523. The van der Waals surface area contributed by atoms with Gasteiger partial charge in [0.25, 0.3) is 11.6 Å². The molecule has 0 unspecified atom stereocenters. The summed E-state index contributed by atoms with van der Waals surface area (Å²) in [5.41, 5.74) is 5.64. The highest BCUT2D eigenvalue weighted by atomic mass is 16.6. The highest BCUT2D eigenvalue weighted by Crippen LogP contribution is 2.25. The van der Waals surface area contributed by atoms with Gasteiger partial charge in [0, 0.05) is 12.1 Å². The molecule has 114 valence electrons. The Morgan fingerprint density at radius 3 is 2.43 bits per heavy atom. The third-order valence-electron chi connectivity index (χ3n) is 3.96. The highest BCUT2D eigenvalue weighted by Gasteiger charge is 2.21. The number of carbonyl (C=O) groups is 1. The number of nitro groups is 1. The van der Waals surface area contributed by atoms with Crippen molar-refractivity contribution in [1.29, 1.82) is 0 Å². The summed E-state index contributed by atoms with van der Waals surface area (Å²) in [6.45, 7) is 0. The molecule has 0 heterocycles. The van der Waals surface area contributed by atoms with Crippen LogP contribution in [0.15, 0.2) is 18.2 Å². The van der Waals surface area contributed by atoms with Crippen molar-refractivity contribution in [2.24, 2.45) is 0 Å². The molecule has 0 aromatic heterocycles. The van der Waals surface area contributed by atoms with Crippen molar-refractivity contribution in [1.82, 2.24) is 5.32 Å². The smallest absolute Gasteiger partial charge is 0.292 e. The molecule has 1 aliphatic carbocycles. The summed E-state index contributed by atoms with van der Waals surface area (Å²) >= 11 is 0. The largest absolute Gasteiger partial charge is 0.393 e. The fourth-order valence-corrected chi connectivity index (χ4v) is 2.77. The Hall–Kier alpha value is -2.11. The van der Waals surface area contributed by atoms with Crippen LogP contribution in [0, 0.1) is 10.1 Å². The number of nitrogen functional groups attached to an aromatic ring is 1. The standard InChI is InChI=1S/C15H21N3O3/c16-14-12(9-6-10-13(14)18(20)21)15(19)17-11-7-4-2-1-3-5-8-11/h6,9-11H,1-5,7-8,16H2,(H,17,19). The van der Waals surface area contributed by atoms with Crippen LogP contribution in [0.4, 0.5) is 11.4 Å². The molecule has 6 nitrogen and oxygen atoms in total. The second kappa shape index (κ2) is 7.06. The average molecular weight is 291 g/mol. The van der Waals surface area contributed by atoms with Crippen LogP contribution < -0.4 is 11.1 Å². The summed E-state index contributed by atoms with van der Waals surface area (Å²) in [6, 6.07) is 4.46. The number of para-hydroxylation sites is 1. The number of carbonyl (C=O) groups excluding carboxylic acids is 1. The first-order valence-corrected chi connectivity index (χ1v) is 7.43. The number of rotatable bonds is 3. The minimum absolute atomic E-state index is 0.0640. The molecule has 1 aliphatic rings. The van der Waals surface area contributed by atoms with Crippen LogP contribution in [0.2, 0.25) is 0 Å². The maximum atomic E-state index is 12.3. The number of hydrogen-bond donors (Lipinski definition) is 2. The first-order valence-electron chi connectivity index (χ1n) is 7.43. The van der Waals surface area contributed by atoms with Crippen LogP contribution in [0.5, 0.6) is 0 Å². The van der Waals surface area contributed by atoms with Gasteiger partial charge in [-0.1, -0.05) is 38.2 Å². The zero-order chi connectivity index (χ0) is 15.2. The summed E-state index contributed by atoms with van der Waals surface area (Å²) in [6.07, 6.45) is 7.79. The molecule has 0 radical (unpaired) electrons. The molecule has 1 aromatic carbocycles. The number of hydrogen-bond acceptors (Lipinski definition) is 4. The van der Waals surface area contributed by atoms with Crippen LogP contribution in [0.3, 0.4) is 0 Å². The van der Waals surface area contributed by atoms with E-state index in [2.05, 4.69) is 5.32 Å². The number of nitrogens with zero attached hydrogens (tertiary/aromatic N) is 1. The van der Waals surface area contributed by atoms with E-state index < -0.39 is 4.92 Å². The Balaban J connectivity index is 2.09. The van der Waals surface area contributed by atoms with Crippen LogP contribution in [0.1, 0.15) is 55.3 Å². The lowest BCUT2D eigenvalue weighted by atomic mass is 9.96. The van der Waals surface area contributed by atoms with Crippen LogP contribution in [-0.4, -0.2) is 16.9 Å². The third-order valence-corrected chi connectivity index (χ3v) is 3.96. The second-order valence-corrected chi connectivity index (χ2v) is 5.51. The van der Waals surface area contributed by atoms with E-state index in [9.17, 15) is 14.9 Å². The number of nitro benzene ring substituents is 1. The van der Waals surface area contributed by atoms with Crippen molar-refractivity contribution in [3.8, 4) is 0 Å². The Kier molecular flexibility index (Phi) is 5.14. The van der Waals surface area contributed by atoms with Gasteiger partial charge in [-0.3, -0.25) is 14.9 Å². The molecule has 21 heavy (non-hydrogen) atoms. The number of benzene rings is 1. The molecule has 2 rings (SSSR count). The molecule has 0 spiro atoms. The molecule has 1 fully saturated rings. The number of nitrogens with two attached hydrogens (primary N) is 1. The maximum absolute atomic E-state index is 12.3. The fraction of sp³-hybridized carbons (Fsp3) is 0.533. The van der Waals surface area contributed by atoms with Gasteiger partial charge in [0.05, 0.1) is 10.5 Å². The van der Waals surface area contributed by atoms with Gasteiger partial charge in [0.15, 0.2) is 0 Å². The average Bonchev–Trinajstić information content (AvgIpc) is 2.41. The Labute approximate surface area is 123 Å². The summed E-state index contributed by atoms with van der Waals surface area (Å²) in [5.74, 6) is -0.318. The van der Waals surface area contributed by atoms with Gasteiger partial charge < -0.3 is 11.1 Å². The van der Waals surface area contributed by atoms with Crippen LogP contribution >= 0.6 is 0 Å². The zero-order valence-electron chi connectivity index (χ0n) is 12.0. The quantitative estimate of drug-likeness (QED) is 0.508. The third kappa shape index (κ3) is 3.93. The highest BCUT2D eigenvalue weighted by molar-refractivity contribution is 6.01. The van der Waals surface area contributed by atoms with Crippen molar-refractivity contribution in [2.45, 2.75) is 51.0 Å². The predicted octanol–water partition coefficient (Wildman–Crippen LogP) is 3.02. The topological polar surface area (TPSA) is 98.3 Å². The summed E-state index contributed by atoms with van der Waals surface area (Å²) in [5, 5.41) is 13.8. The van der Waals surface area contributed by atoms with Crippen molar-refractivity contribution >= 4 is 17.3 Å². The number of nitrogens with one attached hydrogen (secondary N) is 1. The minimum atomic E-state index is -0.568. The number of amides is 1. The second-order valence-electron chi connectivity index (χ2n) is 5.51. The van der Waals surface area contributed by atoms with Gasteiger partial charge in [0.2, 0.25) is 0 Å². The molecular formula is C15H21N3O3. The van der Waals surface area contributed by atoms with E-state index >= 15 is 0 Å². The van der Waals surface area contributed by atoms with Crippen molar-refractivity contribution in [2.75, 3.05) is 5.73 Å². The van der Waals surface area contributed by atoms with Gasteiger partial charge >= 0.3 is 0 Å². The normalized spacial score (nSPS) is 16.8. The van der Waals surface area contributed by atoms with Crippen LogP contribution in [-0.2, 0) is 0 Å². The van der Waals surface area contributed by atoms with E-state index in [4.69, 9.17) is 5.73 Å². The summed E-state index contributed by atoms with van der Waals surface area (Å²) in [4.78, 5) is 22.6. The molecule has 0 atom stereocenters. The van der Waals surface area contributed by atoms with Crippen molar-refractivity contribution < 1.29 is 9.72 Å². The van der Waals surface area contributed by atoms with E-state index in [-0.39, 0.29) is 28.9 Å². The monoisotopic (exact) mass is 291 g/mol. The van der Waals surface area contributed by atoms with Gasteiger partial charge in [0.1, 0.15) is 5.69 Å². The van der Waals surface area contributed by atoms with E-state index in [0.717, 1.165) is 25.7 Å². The molecule has 1 saturated carbocycles. The molecule has 3 N–H and O–H groups in total. The van der Waals surface area contributed by atoms with Crippen LogP contribution in [0.25, 0.3) is 0 Å². The van der Waals surface area contributed by atoms with Gasteiger partial charge in [-0.05, 0) is 18.9 Å². The molecule has 0 saturated heterocycles. The van der Waals surface area contributed by atoms with Crippen molar-refractivity contribution in [3.63, 3.8) is 0 Å². The first kappa shape index (κ1) is 15.3. The predicted molar refractivity (Wildman–Crippen MR) is 81.1 cm³/mol. The summed E-state index contributed by atoms with van der Waals surface area (Å²) in [7, 11) is 0. The minimum Gasteiger partial charge on any atom is -0.393 e. The van der Waals surface area contributed by atoms with Gasteiger partial charge in [-0.25, -0.2) is 0 Å². The molecule has 1 amide bonds. The van der Waals surface area contributed by atoms with E-state index in [0.29, 0.717) is 0 Å². The molecule has 0 bridgehead atoms. The molecule has 6 heteroatoms. The Morgan fingerprint density at radius 1 is 1.19 bits per heavy atom. The molecule has 1 aromatic rings. The SMILES string of the molecule is Nc1c(C(=O)NC2CCCCCCC2)cccc1[N+](=O)[O-]. The number of anilines is 1.